The molecule has 1 aliphatic rings. The normalized spacial score (nSPS) is 17.3. The van der Waals surface area contributed by atoms with Gasteiger partial charge in [-0.2, -0.15) is 5.10 Å². The Hall–Kier alpha value is -2.87. The summed E-state index contributed by atoms with van der Waals surface area (Å²) in [6.07, 6.45) is 1.76. The third-order valence-electron chi connectivity index (χ3n) is 5.43. The maximum absolute atomic E-state index is 12.7. The molecule has 1 N–H and O–H groups in total. The van der Waals surface area contributed by atoms with Crippen molar-refractivity contribution in [2.45, 2.75) is 39.8 Å². The Kier molecular flexibility index (Phi) is 6.77. The average molecular weight is 414 g/mol. The highest BCUT2D eigenvalue weighted by Crippen LogP contribution is 2.27. The molecule has 0 unspecified atom stereocenters. The summed E-state index contributed by atoms with van der Waals surface area (Å²) in [6, 6.07) is 7.86. The highest BCUT2D eigenvalue weighted by molar-refractivity contribution is 5.92. The number of aryl methyl sites for hydroxylation is 1. The zero-order valence-electron chi connectivity index (χ0n) is 18.4. The molecule has 0 bridgehead atoms. The van der Waals surface area contributed by atoms with Crippen molar-refractivity contribution in [1.29, 1.82) is 0 Å². The molecule has 0 spiro atoms. The maximum Gasteiger partial charge on any atom is 0.238 e. The third kappa shape index (κ3) is 5.18. The lowest BCUT2D eigenvalue weighted by atomic mass is 10.0. The lowest BCUT2D eigenvalue weighted by Crippen LogP contribution is -2.51. The first kappa shape index (κ1) is 21.8. The van der Waals surface area contributed by atoms with Gasteiger partial charge in [0.15, 0.2) is 0 Å². The van der Waals surface area contributed by atoms with Crippen LogP contribution in [0.3, 0.4) is 0 Å². The average Bonchev–Trinajstić information content (AvgIpc) is 3.00. The number of carbonyl (C=O) groups excluding carboxylic acids is 2. The molecule has 1 fully saturated rings. The van der Waals surface area contributed by atoms with Crippen LogP contribution in [0.2, 0.25) is 0 Å². The van der Waals surface area contributed by atoms with E-state index in [0.717, 1.165) is 22.7 Å². The highest BCUT2D eigenvalue weighted by atomic mass is 16.5. The number of aromatic nitrogens is 2. The summed E-state index contributed by atoms with van der Waals surface area (Å²) in [6.45, 7) is 9.53. The van der Waals surface area contributed by atoms with Gasteiger partial charge in [-0.15, -0.1) is 0 Å². The van der Waals surface area contributed by atoms with Crippen molar-refractivity contribution in [3.63, 3.8) is 0 Å². The minimum absolute atomic E-state index is 0.0508. The van der Waals surface area contributed by atoms with Crippen LogP contribution in [0.1, 0.15) is 38.1 Å². The van der Waals surface area contributed by atoms with E-state index in [2.05, 4.69) is 15.3 Å². The van der Waals surface area contributed by atoms with Gasteiger partial charge < -0.3 is 15.0 Å². The second kappa shape index (κ2) is 9.30. The molecule has 162 valence electrons. The molecule has 1 atom stereocenters. The van der Waals surface area contributed by atoms with Gasteiger partial charge in [-0.1, -0.05) is 12.1 Å². The van der Waals surface area contributed by atoms with Gasteiger partial charge in [-0.25, -0.2) is 0 Å². The van der Waals surface area contributed by atoms with E-state index in [0.29, 0.717) is 19.6 Å². The Morgan fingerprint density at radius 2 is 1.93 bits per heavy atom. The van der Waals surface area contributed by atoms with Crippen LogP contribution < -0.4 is 10.1 Å². The van der Waals surface area contributed by atoms with Crippen molar-refractivity contribution in [2.75, 3.05) is 31.5 Å². The molecular weight excluding hydrogens is 382 g/mol. The summed E-state index contributed by atoms with van der Waals surface area (Å²) in [4.78, 5) is 28.6. The topological polar surface area (TPSA) is 79.7 Å². The number of hydrogen-bond donors (Lipinski definition) is 1. The Morgan fingerprint density at radius 1 is 1.23 bits per heavy atom. The minimum atomic E-state index is -0.0906. The van der Waals surface area contributed by atoms with Gasteiger partial charge in [0.25, 0.3) is 0 Å². The predicted molar refractivity (Wildman–Crippen MR) is 115 cm³/mol. The standard InChI is InChI=1S/C22H31N5O3/c1-15(2)30-19-8-6-18(7-9-19)21-13-26(17(4)28)10-11-27(21)14-22(29)24-20-12-23-25(5)16(20)3/h6-9,12,15,21H,10-11,13-14H2,1-5H3,(H,24,29)/t21-/m1/s1. The van der Waals surface area contributed by atoms with Gasteiger partial charge in [-0.3, -0.25) is 19.2 Å². The number of nitrogens with one attached hydrogen (secondary N) is 1. The van der Waals surface area contributed by atoms with E-state index >= 15 is 0 Å². The number of benzene rings is 1. The Morgan fingerprint density at radius 3 is 2.50 bits per heavy atom. The predicted octanol–water partition coefficient (Wildman–Crippen LogP) is 2.36. The molecule has 2 aromatic rings. The van der Waals surface area contributed by atoms with Gasteiger partial charge in [-0.05, 0) is 38.5 Å². The monoisotopic (exact) mass is 413 g/mol. The van der Waals surface area contributed by atoms with Crippen molar-refractivity contribution in [2.24, 2.45) is 7.05 Å². The summed E-state index contributed by atoms with van der Waals surface area (Å²) >= 11 is 0. The first-order chi connectivity index (χ1) is 14.2. The van der Waals surface area contributed by atoms with Crippen LogP contribution >= 0.6 is 0 Å². The smallest absolute Gasteiger partial charge is 0.238 e. The van der Waals surface area contributed by atoms with E-state index in [1.807, 2.05) is 57.0 Å². The van der Waals surface area contributed by atoms with Crippen molar-refractivity contribution >= 4 is 17.5 Å². The second-order valence-electron chi connectivity index (χ2n) is 8.00. The third-order valence-corrected chi connectivity index (χ3v) is 5.43. The molecule has 0 radical (unpaired) electrons. The van der Waals surface area contributed by atoms with E-state index in [4.69, 9.17) is 4.74 Å². The molecule has 1 saturated heterocycles. The molecule has 1 aliphatic heterocycles. The fourth-order valence-electron chi connectivity index (χ4n) is 3.65. The lowest BCUT2D eigenvalue weighted by Gasteiger charge is -2.41. The molecule has 2 amide bonds. The minimum Gasteiger partial charge on any atom is -0.491 e. The van der Waals surface area contributed by atoms with Gasteiger partial charge >= 0.3 is 0 Å². The fraction of sp³-hybridized carbons (Fsp3) is 0.500. The Balaban J connectivity index is 1.74. The van der Waals surface area contributed by atoms with Crippen molar-refractivity contribution < 1.29 is 14.3 Å². The zero-order chi connectivity index (χ0) is 21.8. The lowest BCUT2D eigenvalue weighted by molar-refractivity contribution is -0.132. The summed E-state index contributed by atoms with van der Waals surface area (Å²) < 4.78 is 7.46. The van der Waals surface area contributed by atoms with Crippen LogP contribution in [0.5, 0.6) is 5.75 Å². The highest BCUT2D eigenvalue weighted by Gasteiger charge is 2.30. The molecule has 30 heavy (non-hydrogen) atoms. The Labute approximate surface area is 177 Å². The van der Waals surface area contributed by atoms with Crippen LogP contribution in [0, 0.1) is 6.92 Å². The second-order valence-corrected chi connectivity index (χ2v) is 8.00. The summed E-state index contributed by atoms with van der Waals surface area (Å²) in [5, 5.41) is 7.12. The largest absolute Gasteiger partial charge is 0.491 e. The van der Waals surface area contributed by atoms with Gasteiger partial charge in [0.05, 0.1) is 36.3 Å². The quantitative estimate of drug-likeness (QED) is 0.786. The molecule has 1 aromatic carbocycles. The molecule has 2 heterocycles. The van der Waals surface area contributed by atoms with Crippen LogP contribution in [0.4, 0.5) is 5.69 Å². The molecule has 1 aromatic heterocycles. The van der Waals surface area contributed by atoms with Crippen molar-refractivity contribution in [3.8, 4) is 5.75 Å². The number of nitrogens with zero attached hydrogens (tertiary/aromatic N) is 4. The van der Waals surface area contributed by atoms with Crippen LogP contribution in [0.15, 0.2) is 30.5 Å². The maximum atomic E-state index is 12.7. The van der Waals surface area contributed by atoms with Gasteiger partial charge in [0.1, 0.15) is 5.75 Å². The van der Waals surface area contributed by atoms with Crippen LogP contribution in [0.25, 0.3) is 0 Å². The van der Waals surface area contributed by atoms with E-state index in [9.17, 15) is 9.59 Å². The van der Waals surface area contributed by atoms with E-state index in [1.54, 1.807) is 17.8 Å². The summed E-state index contributed by atoms with van der Waals surface area (Å²) in [5.41, 5.74) is 2.68. The number of ether oxygens (including phenoxy) is 1. The molecule has 0 aliphatic carbocycles. The zero-order valence-corrected chi connectivity index (χ0v) is 18.4. The number of rotatable bonds is 6. The van der Waals surface area contributed by atoms with E-state index in [1.165, 1.54) is 0 Å². The molecule has 8 heteroatoms. The van der Waals surface area contributed by atoms with Crippen molar-refractivity contribution in [3.05, 3.63) is 41.7 Å². The SMILES string of the molecule is CC(=O)N1CCN(CC(=O)Nc2cnn(C)c2C)[C@@H](c2ccc(OC(C)C)cc2)C1. The number of amides is 2. The number of hydrogen-bond acceptors (Lipinski definition) is 5. The summed E-state index contributed by atoms with van der Waals surface area (Å²) in [5.74, 6) is 0.770. The molecular formula is C22H31N5O3. The number of carbonyl (C=O) groups is 2. The number of piperazine rings is 1. The molecule has 3 rings (SSSR count). The molecule has 8 nitrogen and oxygen atoms in total. The fourth-order valence-corrected chi connectivity index (χ4v) is 3.65. The summed E-state index contributed by atoms with van der Waals surface area (Å²) in [7, 11) is 1.84. The van der Waals surface area contributed by atoms with Crippen LogP contribution in [-0.4, -0.2) is 63.7 Å². The van der Waals surface area contributed by atoms with E-state index < -0.39 is 0 Å². The van der Waals surface area contributed by atoms with Gasteiger partial charge in [0, 0.05) is 33.6 Å². The first-order valence-corrected chi connectivity index (χ1v) is 10.3. The van der Waals surface area contributed by atoms with Gasteiger partial charge in [0.2, 0.25) is 11.8 Å². The Bertz CT molecular complexity index is 891. The number of anilines is 1. The first-order valence-electron chi connectivity index (χ1n) is 10.3. The van der Waals surface area contributed by atoms with Crippen LogP contribution in [-0.2, 0) is 16.6 Å². The van der Waals surface area contributed by atoms with E-state index in [-0.39, 0.29) is 30.5 Å². The van der Waals surface area contributed by atoms with Crippen molar-refractivity contribution in [1.82, 2.24) is 19.6 Å². The molecule has 0 saturated carbocycles.